The smallest absolute Gasteiger partial charge is 0.163 e. The summed E-state index contributed by atoms with van der Waals surface area (Å²) in [6.07, 6.45) is 10.5. The van der Waals surface area contributed by atoms with Gasteiger partial charge in [-0.2, -0.15) is 5.10 Å². The molecule has 1 aromatic heterocycles. The van der Waals surface area contributed by atoms with E-state index in [0.29, 0.717) is 18.9 Å². The zero-order valence-electron chi connectivity index (χ0n) is 25.0. The molecular formula is C33H44N4O4. The highest BCUT2D eigenvalue weighted by Gasteiger charge is 2.26. The molecule has 220 valence electrons. The molecule has 8 heteroatoms. The Labute approximate surface area is 244 Å². The van der Waals surface area contributed by atoms with E-state index in [4.69, 9.17) is 9.47 Å². The van der Waals surface area contributed by atoms with Crippen molar-refractivity contribution < 1.29 is 19.1 Å². The fourth-order valence-electron chi connectivity index (χ4n) is 6.33. The van der Waals surface area contributed by atoms with Gasteiger partial charge in [0.05, 0.1) is 26.0 Å². The fourth-order valence-corrected chi connectivity index (χ4v) is 6.33. The van der Waals surface area contributed by atoms with Crippen LogP contribution < -0.4 is 4.90 Å². The van der Waals surface area contributed by atoms with Crippen LogP contribution in [0.1, 0.15) is 55.5 Å². The molecule has 2 aliphatic heterocycles. The van der Waals surface area contributed by atoms with Crippen molar-refractivity contribution in [3.63, 3.8) is 0 Å². The van der Waals surface area contributed by atoms with Crippen LogP contribution in [-0.4, -0.2) is 85.4 Å². The molecule has 0 bridgehead atoms. The van der Waals surface area contributed by atoms with Crippen molar-refractivity contribution in [2.45, 2.75) is 59.0 Å². The van der Waals surface area contributed by atoms with Crippen molar-refractivity contribution >= 4 is 17.3 Å². The highest BCUT2D eigenvalue weighted by Crippen LogP contribution is 2.34. The van der Waals surface area contributed by atoms with Crippen LogP contribution in [0.25, 0.3) is 11.1 Å². The number of anilines is 1. The molecular weight excluding hydrogens is 516 g/mol. The summed E-state index contributed by atoms with van der Waals surface area (Å²) in [6, 6.07) is 4.59. The van der Waals surface area contributed by atoms with Crippen LogP contribution in [0.3, 0.4) is 0 Å². The predicted octanol–water partition coefficient (Wildman–Crippen LogP) is 4.86. The normalized spacial score (nSPS) is 20.6. The molecule has 3 heterocycles. The molecule has 0 saturated carbocycles. The molecule has 2 aromatic rings. The summed E-state index contributed by atoms with van der Waals surface area (Å²) < 4.78 is 13.1. The molecule has 0 N–H and O–H groups in total. The zero-order valence-corrected chi connectivity index (χ0v) is 25.0. The van der Waals surface area contributed by atoms with Crippen LogP contribution in [0.4, 0.5) is 5.69 Å². The third kappa shape index (κ3) is 7.05. The summed E-state index contributed by atoms with van der Waals surface area (Å²) >= 11 is 0. The van der Waals surface area contributed by atoms with Crippen LogP contribution in [0.5, 0.6) is 0 Å². The number of hydrogen-bond acceptors (Lipinski definition) is 7. The number of Topliss-reactive ketones (excluding diaryl/α,β-unsaturated/α-hetero) is 1. The van der Waals surface area contributed by atoms with E-state index in [1.807, 2.05) is 30.8 Å². The minimum atomic E-state index is -0.222. The number of carbonyl (C=O) groups excluding carboxylic acids is 2. The van der Waals surface area contributed by atoms with E-state index in [0.717, 1.165) is 105 Å². The van der Waals surface area contributed by atoms with Gasteiger partial charge < -0.3 is 14.4 Å². The van der Waals surface area contributed by atoms with E-state index >= 15 is 0 Å². The van der Waals surface area contributed by atoms with Crippen LogP contribution in [0, 0.1) is 12.8 Å². The summed E-state index contributed by atoms with van der Waals surface area (Å²) in [7, 11) is 2.13. The lowest BCUT2D eigenvalue weighted by atomic mass is 9.84. The summed E-state index contributed by atoms with van der Waals surface area (Å²) in [5.41, 5.74) is 6.81. The third-order valence-corrected chi connectivity index (χ3v) is 8.89. The number of ketones is 2. The molecule has 1 atom stereocenters. The van der Waals surface area contributed by atoms with Crippen molar-refractivity contribution in [2.75, 3.05) is 58.0 Å². The van der Waals surface area contributed by atoms with Crippen LogP contribution in [0.2, 0.25) is 0 Å². The molecule has 5 rings (SSSR count). The van der Waals surface area contributed by atoms with Gasteiger partial charge in [-0.3, -0.25) is 19.2 Å². The largest absolute Gasteiger partial charge is 0.381 e. The number of carbonyl (C=O) groups is 2. The average molecular weight is 561 g/mol. The maximum atomic E-state index is 13.8. The Morgan fingerprint density at radius 3 is 2.46 bits per heavy atom. The van der Waals surface area contributed by atoms with Crippen molar-refractivity contribution in [3.05, 3.63) is 59.0 Å². The lowest BCUT2D eigenvalue weighted by Crippen LogP contribution is -2.38. The molecule has 8 nitrogen and oxygen atoms in total. The first kappa shape index (κ1) is 29.4. The molecule has 1 aliphatic carbocycles. The molecule has 2 saturated heterocycles. The Morgan fingerprint density at radius 1 is 1.00 bits per heavy atom. The highest BCUT2D eigenvalue weighted by molar-refractivity contribution is 6.01. The van der Waals surface area contributed by atoms with Gasteiger partial charge in [-0.25, -0.2) is 0 Å². The summed E-state index contributed by atoms with van der Waals surface area (Å²) in [6.45, 7) is 12.7. The Morgan fingerprint density at radius 2 is 1.73 bits per heavy atom. The maximum absolute atomic E-state index is 13.8. The molecule has 0 spiro atoms. The SMILES string of the molecule is CC1=CC(=O)C(CCC(=O)c2cc(-c3cnn(CCN4CCOCC4)c3)cc(N(C)C3CCOCC3)c2C)C(C)=C1. The Bertz CT molecular complexity index is 1310. The number of nitrogens with zero attached hydrogens (tertiary/aromatic N) is 4. The summed E-state index contributed by atoms with van der Waals surface area (Å²) in [5.74, 6) is -0.0389. The molecule has 0 radical (unpaired) electrons. The van der Waals surface area contributed by atoms with E-state index < -0.39 is 0 Å². The standard InChI is InChI=1S/C33H44N4O4/c1-23-17-24(2)29(33(39)18-23)5-6-32(38)30-19-26(20-31(25(30)3)35(4)28-7-13-40-14-8-28)27-21-34-37(22-27)10-9-36-11-15-41-16-12-36/h17-22,28-29H,5-16H2,1-4H3. The number of benzene rings is 1. The van der Waals surface area contributed by atoms with Crippen molar-refractivity contribution in [1.29, 1.82) is 0 Å². The van der Waals surface area contributed by atoms with Gasteiger partial charge in [-0.05, 0) is 74.9 Å². The minimum absolute atomic E-state index is 0.0811. The van der Waals surface area contributed by atoms with Crippen LogP contribution in [0.15, 0.2) is 47.8 Å². The van der Waals surface area contributed by atoms with Crippen molar-refractivity contribution in [2.24, 2.45) is 5.92 Å². The van der Waals surface area contributed by atoms with Gasteiger partial charge in [0.2, 0.25) is 0 Å². The van der Waals surface area contributed by atoms with Crippen molar-refractivity contribution in [3.8, 4) is 11.1 Å². The molecule has 2 fully saturated rings. The van der Waals surface area contributed by atoms with Gasteiger partial charge in [-0.15, -0.1) is 0 Å². The number of rotatable bonds is 10. The minimum Gasteiger partial charge on any atom is -0.381 e. The Hall–Kier alpha value is -3.07. The van der Waals surface area contributed by atoms with Gasteiger partial charge >= 0.3 is 0 Å². The second-order valence-corrected chi connectivity index (χ2v) is 11.8. The second kappa shape index (κ2) is 13.3. The van der Waals surface area contributed by atoms with E-state index in [2.05, 4.69) is 47.2 Å². The third-order valence-electron chi connectivity index (χ3n) is 8.89. The number of ether oxygens (including phenoxy) is 2. The number of hydrogen-bond donors (Lipinski definition) is 0. The van der Waals surface area contributed by atoms with Gasteiger partial charge in [0, 0.05) is 81.3 Å². The highest BCUT2D eigenvalue weighted by atomic mass is 16.5. The number of aromatic nitrogens is 2. The Balaban J connectivity index is 1.39. The van der Waals surface area contributed by atoms with Gasteiger partial charge in [0.15, 0.2) is 11.6 Å². The van der Waals surface area contributed by atoms with E-state index in [-0.39, 0.29) is 17.5 Å². The van der Waals surface area contributed by atoms with Gasteiger partial charge in [0.25, 0.3) is 0 Å². The first-order valence-corrected chi connectivity index (χ1v) is 15.0. The Kier molecular flexibility index (Phi) is 9.53. The first-order chi connectivity index (χ1) is 19.8. The predicted molar refractivity (Wildman–Crippen MR) is 161 cm³/mol. The molecule has 0 amide bonds. The van der Waals surface area contributed by atoms with Crippen LogP contribution >= 0.6 is 0 Å². The molecule has 1 aromatic carbocycles. The van der Waals surface area contributed by atoms with E-state index in [9.17, 15) is 9.59 Å². The first-order valence-electron chi connectivity index (χ1n) is 15.0. The number of morpholine rings is 1. The monoisotopic (exact) mass is 560 g/mol. The van der Waals surface area contributed by atoms with Gasteiger partial charge in [0.1, 0.15) is 0 Å². The van der Waals surface area contributed by atoms with Gasteiger partial charge in [-0.1, -0.05) is 11.6 Å². The lowest BCUT2D eigenvalue weighted by molar-refractivity contribution is -0.117. The summed E-state index contributed by atoms with van der Waals surface area (Å²) in [5, 5.41) is 4.65. The summed E-state index contributed by atoms with van der Waals surface area (Å²) in [4.78, 5) is 31.2. The topological polar surface area (TPSA) is 76.9 Å². The molecule has 1 unspecified atom stereocenters. The average Bonchev–Trinajstić information content (AvgIpc) is 3.45. The second-order valence-electron chi connectivity index (χ2n) is 11.8. The number of allylic oxidation sites excluding steroid dienone is 4. The van der Waals surface area contributed by atoms with E-state index in [1.165, 1.54) is 0 Å². The zero-order chi connectivity index (χ0) is 28.9. The van der Waals surface area contributed by atoms with Crippen LogP contribution in [-0.2, 0) is 20.8 Å². The van der Waals surface area contributed by atoms with E-state index in [1.54, 1.807) is 6.08 Å². The van der Waals surface area contributed by atoms with Crippen molar-refractivity contribution in [1.82, 2.24) is 14.7 Å². The molecule has 41 heavy (non-hydrogen) atoms. The quantitative estimate of drug-likeness (QED) is 0.384. The fraction of sp³-hybridized carbons (Fsp3) is 0.545. The maximum Gasteiger partial charge on any atom is 0.163 e. The lowest BCUT2D eigenvalue weighted by Gasteiger charge is -2.34. The molecule has 3 aliphatic rings.